The van der Waals surface area contributed by atoms with Crippen molar-refractivity contribution in [1.82, 2.24) is 14.5 Å². The highest BCUT2D eigenvalue weighted by molar-refractivity contribution is 5.98. The molecule has 1 aromatic heterocycles. The van der Waals surface area contributed by atoms with Crippen LogP contribution in [0.1, 0.15) is 34.3 Å². The molecule has 0 spiro atoms. The summed E-state index contributed by atoms with van der Waals surface area (Å²) in [7, 11) is 0. The summed E-state index contributed by atoms with van der Waals surface area (Å²) >= 11 is 0. The van der Waals surface area contributed by atoms with E-state index < -0.39 is 47.0 Å². The lowest BCUT2D eigenvalue weighted by molar-refractivity contribution is -0.137. The average molecular weight is 595 g/mol. The van der Waals surface area contributed by atoms with Crippen LogP contribution >= 0.6 is 0 Å². The van der Waals surface area contributed by atoms with E-state index >= 15 is 0 Å². The van der Waals surface area contributed by atoms with Crippen molar-refractivity contribution in [3.05, 3.63) is 110 Å². The minimum absolute atomic E-state index is 0.00792. The Bertz CT molecular complexity index is 1760. The molecular weight excluding hydrogens is 565 g/mol. The molecule has 3 aromatic carbocycles. The fraction of sp³-hybridized carbons (Fsp3) is 0.290. The molecule has 1 fully saturated rings. The number of anilines is 1. The SMILES string of the molecule is O=C(Cn1c(=O)n(CC2CCCO2)c(=O)c2ccc(C(=O)NCCc3ccccc3)cc21)Nc1ccccc1C(F)(F)F. The van der Waals surface area contributed by atoms with Gasteiger partial charge in [-0.25, -0.2) is 4.79 Å². The Morgan fingerprint density at radius 1 is 0.953 bits per heavy atom. The molecule has 0 aliphatic carbocycles. The van der Waals surface area contributed by atoms with Crippen molar-refractivity contribution in [1.29, 1.82) is 0 Å². The number of rotatable bonds is 9. The third-order valence-corrected chi connectivity index (χ3v) is 7.25. The number of para-hydroxylation sites is 1. The Morgan fingerprint density at radius 3 is 2.42 bits per heavy atom. The molecule has 1 atom stereocenters. The summed E-state index contributed by atoms with van der Waals surface area (Å²) in [4.78, 5) is 53.1. The number of benzene rings is 3. The maximum Gasteiger partial charge on any atom is 0.418 e. The van der Waals surface area contributed by atoms with Gasteiger partial charge in [0.15, 0.2) is 0 Å². The fourth-order valence-electron chi connectivity index (χ4n) is 5.10. The normalized spacial score (nSPS) is 15.0. The van der Waals surface area contributed by atoms with Crippen molar-refractivity contribution in [3.8, 4) is 0 Å². The molecule has 43 heavy (non-hydrogen) atoms. The third-order valence-electron chi connectivity index (χ3n) is 7.25. The molecule has 224 valence electrons. The Hall–Kier alpha value is -4.71. The van der Waals surface area contributed by atoms with Crippen molar-refractivity contribution < 1.29 is 27.5 Å². The third kappa shape index (κ3) is 6.86. The van der Waals surface area contributed by atoms with Gasteiger partial charge in [-0.05, 0) is 55.2 Å². The van der Waals surface area contributed by atoms with Crippen LogP contribution in [0, 0.1) is 0 Å². The highest BCUT2D eigenvalue weighted by atomic mass is 19.4. The largest absolute Gasteiger partial charge is 0.418 e. The summed E-state index contributed by atoms with van der Waals surface area (Å²) in [6.45, 7) is 0.0723. The van der Waals surface area contributed by atoms with Gasteiger partial charge in [-0.2, -0.15) is 13.2 Å². The zero-order valence-electron chi connectivity index (χ0n) is 23.0. The van der Waals surface area contributed by atoms with Crippen LogP contribution in [0.2, 0.25) is 0 Å². The van der Waals surface area contributed by atoms with Crippen molar-refractivity contribution in [2.24, 2.45) is 0 Å². The highest BCUT2D eigenvalue weighted by Crippen LogP contribution is 2.34. The molecular formula is C31H29F3N4O5. The van der Waals surface area contributed by atoms with Crippen LogP contribution in [0.15, 0.2) is 82.4 Å². The van der Waals surface area contributed by atoms with Crippen LogP contribution in [0.5, 0.6) is 0 Å². The zero-order chi connectivity index (χ0) is 30.6. The van der Waals surface area contributed by atoms with Gasteiger partial charge >= 0.3 is 11.9 Å². The second-order valence-corrected chi connectivity index (χ2v) is 10.2. The quantitative estimate of drug-likeness (QED) is 0.305. The van der Waals surface area contributed by atoms with Gasteiger partial charge in [-0.15, -0.1) is 0 Å². The lowest BCUT2D eigenvalue weighted by Gasteiger charge is -2.18. The topological polar surface area (TPSA) is 111 Å². The van der Waals surface area contributed by atoms with E-state index in [2.05, 4.69) is 10.6 Å². The molecule has 0 radical (unpaired) electrons. The number of ether oxygens (including phenoxy) is 1. The zero-order valence-corrected chi connectivity index (χ0v) is 23.0. The molecule has 9 nitrogen and oxygen atoms in total. The molecule has 5 rings (SSSR count). The second kappa shape index (κ2) is 12.7. The predicted octanol–water partition coefficient (Wildman–Crippen LogP) is 3.97. The first-order valence-corrected chi connectivity index (χ1v) is 13.8. The summed E-state index contributed by atoms with van der Waals surface area (Å²) in [5.74, 6) is -1.37. The van der Waals surface area contributed by atoms with Gasteiger partial charge in [-0.3, -0.25) is 23.5 Å². The molecule has 12 heteroatoms. The van der Waals surface area contributed by atoms with Crippen molar-refractivity contribution in [2.75, 3.05) is 18.5 Å². The molecule has 0 bridgehead atoms. The second-order valence-electron chi connectivity index (χ2n) is 10.2. The number of amides is 2. The predicted molar refractivity (Wildman–Crippen MR) is 154 cm³/mol. The summed E-state index contributed by atoms with van der Waals surface area (Å²) in [6, 6.07) is 18.2. The number of hydrogen-bond acceptors (Lipinski definition) is 5. The highest BCUT2D eigenvalue weighted by Gasteiger charge is 2.33. The van der Waals surface area contributed by atoms with E-state index in [0.717, 1.165) is 33.3 Å². The van der Waals surface area contributed by atoms with Gasteiger partial charge in [0.1, 0.15) is 6.54 Å². The molecule has 1 saturated heterocycles. The molecule has 2 amide bonds. The van der Waals surface area contributed by atoms with Crippen molar-refractivity contribution >= 4 is 28.4 Å². The van der Waals surface area contributed by atoms with E-state index in [0.29, 0.717) is 26.0 Å². The number of fused-ring (bicyclic) bond motifs is 1. The first kappa shape index (κ1) is 29.8. The molecule has 1 unspecified atom stereocenters. The van der Waals surface area contributed by atoms with Crippen LogP contribution in [0.4, 0.5) is 18.9 Å². The molecule has 0 saturated carbocycles. The maximum absolute atomic E-state index is 13.6. The van der Waals surface area contributed by atoms with E-state index in [1.807, 2.05) is 30.3 Å². The van der Waals surface area contributed by atoms with Crippen molar-refractivity contribution in [2.45, 2.75) is 44.6 Å². The van der Waals surface area contributed by atoms with E-state index in [1.54, 1.807) is 0 Å². The Labute approximate surface area is 243 Å². The van der Waals surface area contributed by atoms with Gasteiger partial charge in [0.2, 0.25) is 5.91 Å². The van der Waals surface area contributed by atoms with E-state index in [-0.39, 0.29) is 29.1 Å². The minimum atomic E-state index is -4.72. The van der Waals surface area contributed by atoms with Gasteiger partial charge in [0.25, 0.3) is 11.5 Å². The van der Waals surface area contributed by atoms with Gasteiger partial charge in [-0.1, -0.05) is 42.5 Å². The number of halogens is 3. The average Bonchev–Trinajstić information content (AvgIpc) is 3.51. The lowest BCUT2D eigenvalue weighted by atomic mass is 10.1. The Morgan fingerprint density at radius 2 is 1.70 bits per heavy atom. The fourth-order valence-corrected chi connectivity index (χ4v) is 5.10. The van der Waals surface area contributed by atoms with Crippen molar-refractivity contribution in [3.63, 3.8) is 0 Å². The van der Waals surface area contributed by atoms with Gasteiger partial charge in [0, 0.05) is 18.7 Å². The van der Waals surface area contributed by atoms with Gasteiger partial charge < -0.3 is 15.4 Å². The molecule has 1 aliphatic heterocycles. The number of carbonyl (C=O) groups is 2. The Balaban J connectivity index is 1.48. The number of alkyl halides is 3. The van der Waals surface area contributed by atoms with E-state index in [9.17, 15) is 32.3 Å². The summed E-state index contributed by atoms with van der Waals surface area (Å²) in [5.41, 5.74) is -1.79. The Kier molecular flexibility index (Phi) is 8.76. The van der Waals surface area contributed by atoms with Crippen LogP contribution < -0.4 is 21.9 Å². The minimum Gasteiger partial charge on any atom is -0.376 e. The standard InChI is InChI=1S/C31H29F3N4O5/c32-31(33,34)24-10-4-5-11-25(24)36-27(39)19-37-26-17-21(28(40)35-15-14-20-7-2-1-3-8-20)12-13-23(26)29(41)38(30(37)42)18-22-9-6-16-43-22/h1-5,7-8,10-13,17,22H,6,9,14-16,18-19H2,(H,35,40)(H,36,39). The van der Waals surface area contributed by atoms with E-state index in [1.165, 1.54) is 30.3 Å². The molecule has 4 aromatic rings. The first-order chi connectivity index (χ1) is 20.6. The smallest absolute Gasteiger partial charge is 0.376 e. The molecule has 1 aliphatic rings. The van der Waals surface area contributed by atoms with Crippen LogP contribution in [0.3, 0.4) is 0 Å². The van der Waals surface area contributed by atoms with Crippen LogP contribution in [-0.4, -0.2) is 40.2 Å². The van der Waals surface area contributed by atoms with Crippen LogP contribution in [-0.2, 0) is 35.2 Å². The number of carbonyl (C=O) groups excluding carboxylic acids is 2. The number of nitrogens with one attached hydrogen (secondary N) is 2. The summed E-state index contributed by atoms with van der Waals surface area (Å²) in [5, 5.41) is 5.11. The molecule has 2 heterocycles. The number of nitrogens with zero attached hydrogens (tertiary/aromatic N) is 2. The summed E-state index contributed by atoms with van der Waals surface area (Å²) < 4.78 is 48.1. The summed E-state index contributed by atoms with van der Waals surface area (Å²) in [6.07, 6.45) is -3.10. The van der Waals surface area contributed by atoms with Gasteiger partial charge in [0.05, 0.1) is 34.8 Å². The number of aromatic nitrogens is 2. The monoisotopic (exact) mass is 594 g/mol. The number of hydrogen-bond donors (Lipinski definition) is 2. The lowest BCUT2D eigenvalue weighted by Crippen LogP contribution is -2.44. The van der Waals surface area contributed by atoms with E-state index in [4.69, 9.17) is 4.74 Å². The van der Waals surface area contributed by atoms with Crippen LogP contribution in [0.25, 0.3) is 10.9 Å². The molecule has 2 N–H and O–H groups in total. The maximum atomic E-state index is 13.6. The first-order valence-electron chi connectivity index (χ1n) is 13.8.